The lowest BCUT2D eigenvalue weighted by atomic mass is 10.2. The molecule has 1 amide bonds. The van der Waals surface area contributed by atoms with Gasteiger partial charge in [-0.05, 0) is 24.1 Å². The van der Waals surface area contributed by atoms with E-state index in [0.29, 0.717) is 11.3 Å². The van der Waals surface area contributed by atoms with Crippen LogP contribution in [0.25, 0.3) is 11.0 Å². The zero-order valence-electron chi connectivity index (χ0n) is 14.9. The van der Waals surface area contributed by atoms with E-state index in [1.54, 1.807) is 24.1 Å². The summed E-state index contributed by atoms with van der Waals surface area (Å²) in [5.74, 6) is 0.122. The zero-order chi connectivity index (χ0) is 19.1. The Hall–Kier alpha value is -2.67. The van der Waals surface area contributed by atoms with Gasteiger partial charge in [-0.15, -0.1) is 0 Å². The lowest BCUT2D eigenvalue weighted by Crippen LogP contribution is -2.33. The van der Waals surface area contributed by atoms with Crippen LogP contribution in [-0.4, -0.2) is 33.7 Å². The van der Waals surface area contributed by atoms with Gasteiger partial charge in [0.25, 0.3) is 0 Å². The van der Waals surface area contributed by atoms with Crippen molar-refractivity contribution < 1.29 is 13.9 Å². The fourth-order valence-electron chi connectivity index (χ4n) is 3.06. The number of imidazole rings is 1. The van der Waals surface area contributed by atoms with Crippen LogP contribution in [0.4, 0.5) is 10.2 Å². The van der Waals surface area contributed by atoms with Crippen molar-refractivity contribution in [1.82, 2.24) is 14.5 Å². The van der Waals surface area contributed by atoms with E-state index in [-0.39, 0.29) is 24.0 Å². The Bertz CT molecular complexity index is 1000. The number of benzene rings is 1. The summed E-state index contributed by atoms with van der Waals surface area (Å²) in [6.45, 7) is 0.241. The molecule has 0 spiro atoms. The van der Waals surface area contributed by atoms with Gasteiger partial charge >= 0.3 is 0 Å². The Morgan fingerprint density at radius 3 is 2.74 bits per heavy atom. The minimum Gasteiger partial charge on any atom is -0.497 e. The molecule has 2 aromatic heterocycles. The van der Waals surface area contributed by atoms with Crippen LogP contribution in [0.1, 0.15) is 12.0 Å². The molecule has 1 aliphatic carbocycles. The highest BCUT2D eigenvalue weighted by Crippen LogP contribution is 2.38. The van der Waals surface area contributed by atoms with E-state index >= 15 is 0 Å². The Balaban J connectivity index is 1.77. The standard InChI is InChI=1S/C19H18ClFN4O2/c1-24-10-22-17-15(24)8-16(20)23-18(17)25(19(26)13-7-14(13)21)9-11-3-5-12(27-2)6-4-11/h3-6,8,10,13-14H,7,9H2,1-2H3/t13-,14+/m0/s1. The number of anilines is 1. The van der Waals surface area contributed by atoms with Crippen molar-refractivity contribution in [1.29, 1.82) is 0 Å². The van der Waals surface area contributed by atoms with Crippen LogP contribution in [0.2, 0.25) is 5.15 Å². The van der Waals surface area contributed by atoms with Gasteiger partial charge in [-0.1, -0.05) is 23.7 Å². The monoisotopic (exact) mass is 388 g/mol. The van der Waals surface area contributed by atoms with Gasteiger partial charge in [0.1, 0.15) is 22.6 Å². The summed E-state index contributed by atoms with van der Waals surface area (Å²) in [6.07, 6.45) is 0.774. The fraction of sp³-hybridized carbons (Fsp3) is 0.316. The number of aryl methyl sites for hydroxylation is 1. The molecule has 0 saturated heterocycles. The van der Waals surface area contributed by atoms with Crippen molar-refractivity contribution in [2.75, 3.05) is 12.0 Å². The number of nitrogens with zero attached hydrogens (tertiary/aromatic N) is 4. The molecule has 0 radical (unpaired) electrons. The van der Waals surface area contributed by atoms with Crippen molar-refractivity contribution in [2.24, 2.45) is 13.0 Å². The molecule has 1 fully saturated rings. The second-order valence-corrected chi connectivity index (χ2v) is 7.01. The topological polar surface area (TPSA) is 60.2 Å². The highest BCUT2D eigenvalue weighted by atomic mass is 35.5. The molecule has 140 valence electrons. The molecule has 2 atom stereocenters. The first-order valence-corrected chi connectivity index (χ1v) is 8.91. The number of aromatic nitrogens is 3. The lowest BCUT2D eigenvalue weighted by molar-refractivity contribution is -0.120. The van der Waals surface area contributed by atoms with Crippen LogP contribution >= 0.6 is 11.6 Å². The largest absolute Gasteiger partial charge is 0.497 e. The molecule has 1 saturated carbocycles. The number of alkyl halides is 1. The number of methoxy groups -OCH3 is 1. The first kappa shape index (κ1) is 17.7. The van der Waals surface area contributed by atoms with E-state index in [0.717, 1.165) is 16.8 Å². The van der Waals surface area contributed by atoms with Crippen molar-refractivity contribution >= 4 is 34.4 Å². The summed E-state index contributed by atoms with van der Waals surface area (Å²) in [5, 5.41) is 0.251. The van der Waals surface area contributed by atoms with Gasteiger partial charge in [0.05, 0.1) is 31.4 Å². The van der Waals surface area contributed by atoms with Crippen molar-refractivity contribution in [3.8, 4) is 5.75 Å². The fourth-order valence-corrected chi connectivity index (χ4v) is 3.24. The van der Waals surface area contributed by atoms with Crippen molar-refractivity contribution in [3.05, 3.63) is 47.4 Å². The number of fused-ring (bicyclic) bond motifs is 1. The summed E-state index contributed by atoms with van der Waals surface area (Å²) in [5.41, 5.74) is 2.18. The van der Waals surface area contributed by atoms with Crippen molar-refractivity contribution in [2.45, 2.75) is 19.1 Å². The number of pyridine rings is 1. The highest BCUT2D eigenvalue weighted by Gasteiger charge is 2.46. The van der Waals surface area contributed by atoms with Gasteiger partial charge in [0.15, 0.2) is 5.82 Å². The third-order valence-electron chi connectivity index (χ3n) is 4.71. The van der Waals surface area contributed by atoms with Gasteiger partial charge in [-0.3, -0.25) is 9.69 Å². The Labute approximate surface area is 160 Å². The third kappa shape index (κ3) is 3.35. The summed E-state index contributed by atoms with van der Waals surface area (Å²) in [4.78, 5) is 23.1. The SMILES string of the molecule is COc1ccc(CN(C(=O)[C@H]2C[C@H]2F)c2nc(Cl)cc3c2ncn3C)cc1. The predicted molar refractivity (Wildman–Crippen MR) is 101 cm³/mol. The van der Waals surface area contributed by atoms with Crippen molar-refractivity contribution in [3.63, 3.8) is 0 Å². The maximum Gasteiger partial charge on any atom is 0.234 e. The number of hydrogen-bond acceptors (Lipinski definition) is 4. The summed E-state index contributed by atoms with van der Waals surface area (Å²) < 4.78 is 20.6. The molecule has 0 unspecified atom stereocenters. The third-order valence-corrected chi connectivity index (χ3v) is 4.91. The normalized spacial score (nSPS) is 18.5. The number of rotatable bonds is 5. The van der Waals surface area contributed by atoms with E-state index in [9.17, 15) is 9.18 Å². The van der Waals surface area contributed by atoms with E-state index in [2.05, 4.69) is 9.97 Å². The molecule has 6 nitrogen and oxygen atoms in total. The maximum atomic E-state index is 13.6. The van der Waals surface area contributed by atoms with Crippen LogP contribution < -0.4 is 9.64 Å². The average Bonchev–Trinajstić information content (AvgIpc) is 3.29. The average molecular weight is 389 g/mol. The Morgan fingerprint density at radius 1 is 1.41 bits per heavy atom. The van der Waals surface area contributed by atoms with Crippen LogP contribution in [0.5, 0.6) is 5.75 Å². The quantitative estimate of drug-likeness (QED) is 0.627. The number of carbonyl (C=O) groups is 1. The second kappa shape index (κ2) is 6.81. The molecular formula is C19H18ClFN4O2. The molecule has 3 aromatic rings. The minimum absolute atomic E-state index is 0.240. The van der Waals surface area contributed by atoms with Gasteiger partial charge in [0, 0.05) is 13.1 Å². The zero-order valence-corrected chi connectivity index (χ0v) is 15.7. The first-order chi connectivity index (χ1) is 13.0. The summed E-state index contributed by atoms with van der Waals surface area (Å²) in [7, 11) is 3.43. The lowest BCUT2D eigenvalue weighted by Gasteiger charge is -2.22. The first-order valence-electron chi connectivity index (χ1n) is 8.54. The molecule has 27 heavy (non-hydrogen) atoms. The molecule has 0 aliphatic heterocycles. The Morgan fingerprint density at radius 2 is 2.11 bits per heavy atom. The van der Waals surface area contributed by atoms with Gasteiger partial charge in [0.2, 0.25) is 5.91 Å². The highest BCUT2D eigenvalue weighted by molar-refractivity contribution is 6.30. The van der Waals surface area contributed by atoms with E-state index in [1.807, 2.05) is 31.3 Å². The molecule has 2 heterocycles. The Kier molecular flexibility index (Phi) is 4.47. The maximum absolute atomic E-state index is 13.6. The van der Waals surface area contributed by atoms with Crippen LogP contribution in [-0.2, 0) is 18.4 Å². The van der Waals surface area contributed by atoms with Crippen LogP contribution in [0.3, 0.4) is 0 Å². The van der Waals surface area contributed by atoms with Crippen LogP contribution in [0, 0.1) is 5.92 Å². The van der Waals surface area contributed by atoms with Crippen LogP contribution in [0.15, 0.2) is 36.7 Å². The van der Waals surface area contributed by atoms with Gasteiger partial charge < -0.3 is 9.30 Å². The summed E-state index contributed by atoms with van der Waals surface area (Å²) in [6, 6.07) is 9.04. The number of amides is 1. The molecule has 4 rings (SSSR count). The van der Waals surface area contributed by atoms with E-state index < -0.39 is 12.1 Å². The predicted octanol–water partition coefficient (Wildman–Crippen LogP) is 3.52. The molecule has 8 heteroatoms. The number of hydrogen-bond donors (Lipinski definition) is 0. The second-order valence-electron chi connectivity index (χ2n) is 6.62. The number of carbonyl (C=O) groups excluding carboxylic acids is 1. The molecular weight excluding hydrogens is 371 g/mol. The number of ether oxygens (including phenoxy) is 1. The van der Waals surface area contributed by atoms with Gasteiger partial charge in [-0.25, -0.2) is 14.4 Å². The summed E-state index contributed by atoms with van der Waals surface area (Å²) >= 11 is 6.19. The molecule has 0 bridgehead atoms. The number of halogens is 2. The van der Waals surface area contributed by atoms with Gasteiger partial charge in [-0.2, -0.15) is 0 Å². The molecule has 0 N–H and O–H groups in total. The minimum atomic E-state index is -1.10. The van der Waals surface area contributed by atoms with E-state index in [1.165, 1.54) is 4.90 Å². The molecule has 1 aliphatic rings. The van der Waals surface area contributed by atoms with E-state index in [4.69, 9.17) is 16.3 Å². The smallest absolute Gasteiger partial charge is 0.234 e. The molecule has 1 aromatic carbocycles.